The van der Waals surface area contributed by atoms with Crippen molar-refractivity contribution in [2.45, 2.75) is 38.6 Å². The highest BCUT2D eigenvalue weighted by atomic mass is 14.9. The van der Waals surface area contributed by atoms with Crippen LogP contribution in [0.5, 0.6) is 0 Å². The molecule has 1 aromatic carbocycles. The van der Waals surface area contributed by atoms with Crippen LogP contribution in [0.3, 0.4) is 0 Å². The van der Waals surface area contributed by atoms with E-state index in [0.717, 1.165) is 6.04 Å². The summed E-state index contributed by atoms with van der Waals surface area (Å²) in [7, 11) is 0. The lowest BCUT2D eigenvalue weighted by molar-refractivity contribution is -0.697. The lowest BCUT2D eigenvalue weighted by atomic mass is 9.97. The summed E-state index contributed by atoms with van der Waals surface area (Å²) in [6.45, 7) is 3.50. The van der Waals surface area contributed by atoms with Crippen molar-refractivity contribution in [3.8, 4) is 0 Å². The molecule has 1 saturated heterocycles. The highest BCUT2D eigenvalue weighted by Crippen LogP contribution is 2.10. The number of rotatable bonds is 2. The van der Waals surface area contributed by atoms with E-state index in [1.165, 1.54) is 43.4 Å². The molecule has 1 fully saturated rings. The third kappa shape index (κ3) is 2.58. The topological polar surface area (TPSA) is 16.6 Å². The molecule has 1 nitrogen and oxygen atoms in total. The van der Waals surface area contributed by atoms with Crippen molar-refractivity contribution in [2.24, 2.45) is 0 Å². The molecule has 1 heteroatoms. The molecule has 2 N–H and O–H groups in total. The van der Waals surface area contributed by atoms with E-state index >= 15 is 0 Å². The van der Waals surface area contributed by atoms with E-state index in [4.69, 9.17) is 0 Å². The van der Waals surface area contributed by atoms with Gasteiger partial charge in [0.05, 0.1) is 12.6 Å². The third-order valence-electron chi connectivity index (χ3n) is 3.11. The molecule has 14 heavy (non-hydrogen) atoms. The van der Waals surface area contributed by atoms with Crippen LogP contribution in [-0.2, 0) is 6.42 Å². The fourth-order valence-corrected chi connectivity index (χ4v) is 2.35. The Balaban J connectivity index is 1.95. The van der Waals surface area contributed by atoms with E-state index in [0.29, 0.717) is 0 Å². The second kappa shape index (κ2) is 4.61. The zero-order valence-corrected chi connectivity index (χ0v) is 9.00. The van der Waals surface area contributed by atoms with Crippen LogP contribution in [0.4, 0.5) is 0 Å². The highest BCUT2D eigenvalue weighted by Gasteiger charge is 2.16. The average molecular weight is 190 g/mol. The Bertz CT molecular complexity index is 287. The fraction of sp³-hybridized carbons (Fsp3) is 0.538. The predicted molar refractivity (Wildman–Crippen MR) is 59.3 cm³/mol. The van der Waals surface area contributed by atoms with Crippen molar-refractivity contribution in [1.29, 1.82) is 0 Å². The monoisotopic (exact) mass is 190 g/mol. The Kier molecular flexibility index (Phi) is 3.20. The minimum Gasteiger partial charge on any atom is -0.344 e. The molecule has 0 aliphatic carbocycles. The first-order valence-corrected chi connectivity index (χ1v) is 5.73. The molecule has 1 aliphatic heterocycles. The Hall–Kier alpha value is -0.820. The molecule has 1 heterocycles. The second-order valence-electron chi connectivity index (χ2n) is 4.47. The van der Waals surface area contributed by atoms with Crippen LogP contribution in [0.15, 0.2) is 24.3 Å². The van der Waals surface area contributed by atoms with E-state index in [1.54, 1.807) is 0 Å². The maximum atomic E-state index is 2.52. The summed E-state index contributed by atoms with van der Waals surface area (Å²) < 4.78 is 0. The van der Waals surface area contributed by atoms with Gasteiger partial charge >= 0.3 is 0 Å². The summed E-state index contributed by atoms with van der Waals surface area (Å²) in [5.41, 5.74) is 2.89. The predicted octanol–water partition coefficient (Wildman–Crippen LogP) is 1.65. The Morgan fingerprint density at radius 1 is 1.36 bits per heavy atom. The molecule has 0 bridgehead atoms. The standard InChI is InChI=1S/C13H19N/c1-11-5-4-6-12(9-11)10-13-7-2-3-8-14-13/h4-6,9,13-14H,2-3,7-8,10H2,1H3/p+1/t13-/m0/s1. The van der Waals surface area contributed by atoms with E-state index in [2.05, 4.69) is 36.5 Å². The number of quaternary nitrogens is 1. The minimum absolute atomic E-state index is 0.838. The SMILES string of the molecule is Cc1cccc(C[C@@H]2CCCC[NH2+]2)c1. The van der Waals surface area contributed by atoms with Gasteiger partial charge in [-0.05, 0) is 31.7 Å². The van der Waals surface area contributed by atoms with Gasteiger partial charge in [0, 0.05) is 6.42 Å². The van der Waals surface area contributed by atoms with Gasteiger partial charge < -0.3 is 5.32 Å². The summed E-state index contributed by atoms with van der Waals surface area (Å²) in [5.74, 6) is 0. The molecular weight excluding hydrogens is 170 g/mol. The number of hydrogen-bond donors (Lipinski definition) is 1. The molecule has 1 atom stereocenters. The highest BCUT2D eigenvalue weighted by molar-refractivity contribution is 5.22. The third-order valence-corrected chi connectivity index (χ3v) is 3.11. The van der Waals surface area contributed by atoms with Gasteiger partial charge in [0.25, 0.3) is 0 Å². The largest absolute Gasteiger partial charge is 0.344 e. The summed E-state index contributed by atoms with van der Waals surface area (Å²) in [4.78, 5) is 0. The van der Waals surface area contributed by atoms with Crippen LogP contribution < -0.4 is 5.32 Å². The van der Waals surface area contributed by atoms with Gasteiger partial charge in [0.15, 0.2) is 0 Å². The molecule has 0 amide bonds. The van der Waals surface area contributed by atoms with E-state index in [9.17, 15) is 0 Å². The molecular formula is C13H20N+. The number of piperidine rings is 1. The average Bonchev–Trinajstić information content (AvgIpc) is 2.19. The number of aryl methyl sites for hydroxylation is 1. The summed E-state index contributed by atoms with van der Waals surface area (Å²) in [5, 5.41) is 2.52. The molecule has 0 spiro atoms. The first-order valence-electron chi connectivity index (χ1n) is 5.73. The number of nitrogens with two attached hydrogens (primary N) is 1. The van der Waals surface area contributed by atoms with Gasteiger partial charge in [-0.15, -0.1) is 0 Å². The van der Waals surface area contributed by atoms with E-state index in [-0.39, 0.29) is 0 Å². The number of hydrogen-bond acceptors (Lipinski definition) is 0. The molecule has 2 rings (SSSR count). The molecule has 0 aromatic heterocycles. The van der Waals surface area contributed by atoms with Crippen molar-refractivity contribution >= 4 is 0 Å². The van der Waals surface area contributed by atoms with Gasteiger partial charge in [0.1, 0.15) is 0 Å². The quantitative estimate of drug-likeness (QED) is 0.730. The molecule has 0 radical (unpaired) electrons. The molecule has 76 valence electrons. The van der Waals surface area contributed by atoms with Crippen LogP contribution in [-0.4, -0.2) is 12.6 Å². The van der Waals surface area contributed by atoms with Crippen LogP contribution in [0.1, 0.15) is 30.4 Å². The van der Waals surface area contributed by atoms with Crippen LogP contribution in [0.25, 0.3) is 0 Å². The fourth-order valence-electron chi connectivity index (χ4n) is 2.35. The van der Waals surface area contributed by atoms with Crippen molar-refractivity contribution in [3.63, 3.8) is 0 Å². The minimum atomic E-state index is 0.838. The van der Waals surface area contributed by atoms with Crippen molar-refractivity contribution in [3.05, 3.63) is 35.4 Å². The molecule has 1 aliphatic rings. The van der Waals surface area contributed by atoms with Gasteiger partial charge in [0.2, 0.25) is 0 Å². The van der Waals surface area contributed by atoms with Crippen LogP contribution in [0, 0.1) is 6.92 Å². The summed E-state index contributed by atoms with van der Waals surface area (Å²) in [6, 6.07) is 9.77. The number of benzene rings is 1. The normalized spacial score (nSPS) is 22.2. The van der Waals surface area contributed by atoms with E-state index < -0.39 is 0 Å². The van der Waals surface area contributed by atoms with Crippen molar-refractivity contribution < 1.29 is 5.32 Å². The van der Waals surface area contributed by atoms with Crippen LogP contribution >= 0.6 is 0 Å². The van der Waals surface area contributed by atoms with Gasteiger partial charge in [-0.1, -0.05) is 29.8 Å². The summed E-state index contributed by atoms with van der Waals surface area (Å²) in [6.07, 6.45) is 5.48. The maximum absolute atomic E-state index is 2.52. The maximum Gasteiger partial charge on any atom is 0.0900 e. The van der Waals surface area contributed by atoms with Gasteiger partial charge in [-0.25, -0.2) is 0 Å². The van der Waals surface area contributed by atoms with Crippen molar-refractivity contribution in [2.75, 3.05) is 6.54 Å². The van der Waals surface area contributed by atoms with Crippen molar-refractivity contribution in [1.82, 2.24) is 0 Å². The lowest BCUT2D eigenvalue weighted by Gasteiger charge is -2.20. The smallest absolute Gasteiger partial charge is 0.0900 e. The van der Waals surface area contributed by atoms with Gasteiger partial charge in [-0.2, -0.15) is 0 Å². The Morgan fingerprint density at radius 3 is 3.00 bits per heavy atom. The Morgan fingerprint density at radius 2 is 2.29 bits per heavy atom. The molecule has 1 aromatic rings. The van der Waals surface area contributed by atoms with E-state index in [1.807, 2.05) is 0 Å². The summed E-state index contributed by atoms with van der Waals surface area (Å²) >= 11 is 0. The Labute approximate surface area is 86.5 Å². The van der Waals surface area contributed by atoms with Crippen LogP contribution in [0.2, 0.25) is 0 Å². The lowest BCUT2D eigenvalue weighted by Crippen LogP contribution is -2.91. The second-order valence-corrected chi connectivity index (χ2v) is 4.47. The van der Waals surface area contributed by atoms with Gasteiger partial charge in [-0.3, -0.25) is 0 Å². The molecule has 0 saturated carbocycles. The first-order chi connectivity index (χ1) is 6.84. The zero-order valence-electron chi connectivity index (χ0n) is 9.00. The first kappa shape index (κ1) is 9.72. The molecule has 0 unspecified atom stereocenters. The zero-order chi connectivity index (χ0) is 9.80.